The molecule has 5 nitrogen and oxygen atoms in total. The Morgan fingerprint density at radius 2 is 2.11 bits per heavy atom. The minimum Gasteiger partial charge on any atom is -0.311 e. The van der Waals surface area contributed by atoms with Crippen molar-refractivity contribution in [2.45, 2.75) is 0 Å². The largest absolute Gasteiger partial charge is 0.341 e. The average molecular weight is 174 g/mol. The van der Waals surface area contributed by atoms with Crippen LogP contribution in [0.3, 0.4) is 0 Å². The first-order valence-electron chi connectivity index (χ1n) is 1.92. The van der Waals surface area contributed by atoms with Gasteiger partial charge in [0.15, 0.2) is 0 Å². The van der Waals surface area contributed by atoms with Gasteiger partial charge in [0.05, 0.1) is 0 Å². The fraction of sp³-hybridized carbons (Fsp3) is 1.00. The summed E-state index contributed by atoms with van der Waals surface area (Å²) in [5, 5.41) is 0. The van der Waals surface area contributed by atoms with Crippen molar-refractivity contribution >= 4 is 19.0 Å². The van der Waals surface area contributed by atoms with Crippen molar-refractivity contribution in [3.8, 4) is 0 Å². The van der Waals surface area contributed by atoms with Crippen LogP contribution >= 0.6 is 7.60 Å². The topological polar surface area (TPSA) is 72.8 Å². The summed E-state index contributed by atoms with van der Waals surface area (Å²) in [6.07, 6.45) is 0. The molecule has 1 N–H and O–H groups in total. The molecular weight excluding hydrogens is 167 g/mol. The van der Waals surface area contributed by atoms with Crippen LogP contribution in [0.1, 0.15) is 0 Å². The first-order valence-corrected chi connectivity index (χ1v) is 4.94. The monoisotopic (exact) mass is 174 g/mol. The molecule has 0 spiro atoms. The molecular formula is C2H7O5PS. The number of rotatable bonds is 3. The van der Waals surface area contributed by atoms with Crippen LogP contribution < -0.4 is 0 Å². The van der Waals surface area contributed by atoms with Crippen LogP contribution in [-0.2, 0) is 24.4 Å². The lowest BCUT2D eigenvalue weighted by molar-refractivity contribution is 0.325. The second-order valence-electron chi connectivity index (χ2n) is 1.25. The summed E-state index contributed by atoms with van der Waals surface area (Å²) in [7, 11) is -2.15. The molecule has 0 bridgehead atoms. The quantitative estimate of drug-likeness (QED) is 0.501. The Balaban J connectivity index is 3.88. The van der Waals surface area contributed by atoms with E-state index in [1.165, 1.54) is 0 Å². The standard InChI is InChI=1S/C2H7O5PS/c1-6-8(2,3)7-9(4)5/h1-2H3,(H,4,5). The highest BCUT2D eigenvalue weighted by atomic mass is 32.2. The van der Waals surface area contributed by atoms with Gasteiger partial charge in [0.25, 0.3) is 0 Å². The lowest BCUT2D eigenvalue weighted by atomic mass is 11.8. The zero-order chi connectivity index (χ0) is 7.49. The fourth-order valence-corrected chi connectivity index (χ4v) is 1.32. The van der Waals surface area contributed by atoms with Gasteiger partial charge in [0, 0.05) is 13.8 Å². The molecule has 7 heteroatoms. The summed E-state index contributed by atoms with van der Waals surface area (Å²) in [6, 6.07) is 0. The van der Waals surface area contributed by atoms with Crippen LogP contribution in [0, 0.1) is 0 Å². The minimum atomic E-state index is -3.28. The maximum absolute atomic E-state index is 10.6. The SMILES string of the molecule is COP(C)(=O)OS(=O)O. The molecule has 0 rings (SSSR count). The van der Waals surface area contributed by atoms with Crippen molar-refractivity contribution in [1.82, 2.24) is 0 Å². The first-order chi connectivity index (χ1) is 3.98. The third kappa shape index (κ3) is 4.74. The Labute approximate surface area is 55.4 Å². The summed E-state index contributed by atoms with van der Waals surface area (Å²) >= 11 is -2.52. The van der Waals surface area contributed by atoms with E-state index in [-0.39, 0.29) is 0 Å². The van der Waals surface area contributed by atoms with E-state index in [0.29, 0.717) is 0 Å². The van der Waals surface area contributed by atoms with Gasteiger partial charge in [-0.2, -0.15) is 8.18 Å². The van der Waals surface area contributed by atoms with Crippen LogP contribution in [-0.4, -0.2) is 22.5 Å². The molecule has 0 aliphatic heterocycles. The highest BCUT2D eigenvalue weighted by molar-refractivity contribution is 7.80. The van der Waals surface area contributed by atoms with Gasteiger partial charge >= 0.3 is 19.0 Å². The first kappa shape index (κ1) is 9.26. The van der Waals surface area contributed by atoms with Crippen molar-refractivity contribution in [2.75, 3.05) is 13.8 Å². The Bertz CT molecular complexity index is 155. The van der Waals surface area contributed by atoms with Crippen LogP contribution in [0.15, 0.2) is 0 Å². The van der Waals surface area contributed by atoms with E-state index in [0.717, 1.165) is 13.8 Å². The smallest absolute Gasteiger partial charge is 0.311 e. The molecule has 0 saturated carbocycles. The molecule has 0 saturated heterocycles. The van der Waals surface area contributed by atoms with Crippen molar-refractivity contribution in [3.05, 3.63) is 0 Å². The zero-order valence-electron chi connectivity index (χ0n) is 4.94. The van der Waals surface area contributed by atoms with Crippen LogP contribution in [0.25, 0.3) is 0 Å². The van der Waals surface area contributed by atoms with E-state index in [1.807, 2.05) is 0 Å². The third-order valence-corrected chi connectivity index (χ3v) is 2.79. The molecule has 0 aromatic heterocycles. The van der Waals surface area contributed by atoms with E-state index < -0.39 is 19.0 Å². The van der Waals surface area contributed by atoms with Crippen LogP contribution in [0.2, 0.25) is 0 Å². The molecule has 9 heavy (non-hydrogen) atoms. The summed E-state index contributed by atoms with van der Waals surface area (Å²) in [5.41, 5.74) is 0. The van der Waals surface area contributed by atoms with Crippen molar-refractivity contribution < 1.29 is 21.8 Å². The van der Waals surface area contributed by atoms with E-state index in [4.69, 9.17) is 4.55 Å². The van der Waals surface area contributed by atoms with Crippen LogP contribution in [0.5, 0.6) is 0 Å². The minimum absolute atomic E-state index is 1.10. The molecule has 0 aliphatic rings. The van der Waals surface area contributed by atoms with Crippen molar-refractivity contribution in [2.24, 2.45) is 0 Å². The lowest BCUT2D eigenvalue weighted by Gasteiger charge is -2.04. The second-order valence-corrected chi connectivity index (χ2v) is 4.18. The van der Waals surface area contributed by atoms with Gasteiger partial charge < -0.3 is 4.52 Å². The molecule has 56 valence electrons. The second kappa shape index (κ2) is 3.43. The van der Waals surface area contributed by atoms with Gasteiger partial charge in [-0.25, -0.2) is 0 Å². The van der Waals surface area contributed by atoms with Gasteiger partial charge in [-0.1, -0.05) is 0 Å². The summed E-state index contributed by atoms with van der Waals surface area (Å²) < 4.78 is 36.6. The Morgan fingerprint density at radius 1 is 1.67 bits per heavy atom. The van der Waals surface area contributed by atoms with E-state index in [9.17, 15) is 8.77 Å². The Kier molecular flexibility index (Phi) is 3.53. The number of hydrogen-bond donors (Lipinski definition) is 1. The van der Waals surface area contributed by atoms with Crippen molar-refractivity contribution in [1.29, 1.82) is 0 Å². The average Bonchev–Trinajstić information content (AvgIpc) is 1.63. The highest BCUT2D eigenvalue weighted by Crippen LogP contribution is 2.43. The molecule has 0 heterocycles. The van der Waals surface area contributed by atoms with Gasteiger partial charge in [-0.15, -0.1) is 0 Å². The van der Waals surface area contributed by atoms with E-state index in [1.54, 1.807) is 0 Å². The number of hydrogen-bond acceptors (Lipinski definition) is 4. The van der Waals surface area contributed by atoms with Gasteiger partial charge in [-0.3, -0.25) is 9.12 Å². The summed E-state index contributed by atoms with van der Waals surface area (Å²) in [6.45, 7) is 1.10. The zero-order valence-corrected chi connectivity index (χ0v) is 6.65. The highest BCUT2D eigenvalue weighted by Gasteiger charge is 2.17. The molecule has 0 amide bonds. The lowest BCUT2D eigenvalue weighted by Crippen LogP contribution is -1.93. The normalized spacial score (nSPS) is 20.8. The predicted octanol–water partition coefficient (Wildman–Crippen LogP) is 0.609. The molecule has 2 unspecified atom stereocenters. The fourth-order valence-electron chi connectivity index (χ4n) is 0.146. The van der Waals surface area contributed by atoms with Crippen LogP contribution in [0.4, 0.5) is 0 Å². The Morgan fingerprint density at radius 3 is 2.22 bits per heavy atom. The molecule has 2 atom stereocenters. The molecule has 0 fully saturated rings. The molecule has 0 aromatic rings. The maximum Gasteiger partial charge on any atom is 0.341 e. The van der Waals surface area contributed by atoms with Gasteiger partial charge in [0.1, 0.15) is 0 Å². The Hall–Kier alpha value is 0.260. The van der Waals surface area contributed by atoms with Gasteiger partial charge in [-0.05, 0) is 0 Å². The predicted molar refractivity (Wildman–Crippen MR) is 32.4 cm³/mol. The van der Waals surface area contributed by atoms with E-state index in [2.05, 4.69) is 8.49 Å². The molecule has 0 radical (unpaired) electrons. The molecule has 0 aromatic carbocycles. The van der Waals surface area contributed by atoms with Gasteiger partial charge in [0.2, 0.25) is 0 Å². The summed E-state index contributed by atoms with van der Waals surface area (Å²) in [4.78, 5) is 0. The summed E-state index contributed by atoms with van der Waals surface area (Å²) in [5.74, 6) is 0. The third-order valence-electron chi connectivity index (χ3n) is 0.531. The van der Waals surface area contributed by atoms with Crippen molar-refractivity contribution in [3.63, 3.8) is 0 Å². The molecule has 0 aliphatic carbocycles. The van der Waals surface area contributed by atoms with E-state index >= 15 is 0 Å². The maximum atomic E-state index is 10.6.